The van der Waals surface area contributed by atoms with Crippen molar-refractivity contribution in [3.05, 3.63) is 56.9 Å². The lowest BCUT2D eigenvalue weighted by molar-refractivity contribution is -0.135. The molecule has 2 aromatic heterocycles. The van der Waals surface area contributed by atoms with E-state index < -0.39 is 0 Å². The normalized spacial score (nSPS) is 17.1. The molecule has 0 saturated carbocycles. The summed E-state index contributed by atoms with van der Waals surface area (Å²) in [5.41, 5.74) is 1.36. The van der Waals surface area contributed by atoms with E-state index in [2.05, 4.69) is 52.3 Å². The van der Waals surface area contributed by atoms with Crippen LogP contribution in [0.25, 0.3) is 0 Å². The average Bonchev–Trinajstić information content (AvgIpc) is 3.24. The first-order chi connectivity index (χ1) is 11.7. The summed E-state index contributed by atoms with van der Waals surface area (Å²) in [5, 5.41) is 4.24. The Labute approximate surface area is 152 Å². The molecule has 3 rings (SSSR count). The minimum absolute atomic E-state index is 0.233. The van der Waals surface area contributed by atoms with Crippen molar-refractivity contribution in [3.63, 3.8) is 0 Å². The first kappa shape index (κ1) is 17.4. The Morgan fingerprint density at radius 2 is 2.29 bits per heavy atom. The van der Waals surface area contributed by atoms with Gasteiger partial charge in [-0.25, -0.2) is 0 Å². The van der Waals surface area contributed by atoms with Crippen LogP contribution in [0.1, 0.15) is 34.7 Å². The molecule has 1 unspecified atom stereocenters. The first-order valence-corrected chi connectivity index (χ1v) is 10.2. The minimum Gasteiger partial charge on any atom is -0.334 e. The van der Waals surface area contributed by atoms with E-state index in [4.69, 9.17) is 0 Å². The van der Waals surface area contributed by atoms with Gasteiger partial charge in [0, 0.05) is 29.4 Å². The first-order valence-electron chi connectivity index (χ1n) is 8.44. The van der Waals surface area contributed by atoms with Crippen LogP contribution in [0.5, 0.6) is 0 Å². The maximum atomic E-state index is 13.0. The summed E-state index contributed by atoms with van der Waals surface area (Å²) < 4.78 is 0. The van der Waals surface area contributed by atoms with Gasteiger partial charge in [-0.15, -0.1) is 29.3 Å². The molecule has 24 heavy (non-hydrogen) atoms. The van der Waals surface area contributed by atoms with Gasteiger partial charge in [0.2, 0.25) is 5.91 Å². The Morgan fingerprint density at radius 3 is 3.00 bits per heavy atom. The molecular weight excluding hydrogens is 336 g/mol. The molecule has 0 fully saturated rings. The van der Waals surface area contributed by atoms with Gasteiger partial charge in [0.05, 0.1) is 12.6 Å². The average molecular weight is 361 g/mol. The number of fused-ring (bicyclic) bond motifs is 1. The van der Waals surface area contributed by atoms with E-state index in [-0.39, 0.29) is 11.9 Å². The Morgan fingerprint density at radius 1 is 1.42 bits per heavy atom. The molecule has 0 spiro atoms. The van der Waals surface area contributed by atoms with E-state index in [1.807, 2.05) is 17.4 Å². The minimum atomic E-state index is 0.233. The molecule has 0 saturated heterocycles. The van der Waals surface area contributed by atoms with Crippen LogP contribution in [0.3, 0.4) is 0 Å². The number of rotatable bonds is 7. The van der Waals surface area contributed by atoms with Crippen molar-refractivity contribution < 1.29 is 4.79 Å². The van der Waals surface area contributed by atoms with Crippen molar-refractivity contribution in [2.75, 3.05) is 19.6 Å². The summed E-state index contributed by atoms with van der Waals surface area (Å²) in [6, 6.07) is 6.61. The highest BCUT2D eigenvalue weighted by Gasteiger charge is 2.30. The van der Waals surface area contributed by atoms with E-state index in [1.165, 1.54) is 15.3 Å². The summed E-state index contributed by atoms with van der Waals surface area (Å²) in [4.78, 5) is 20.0. The molecule has 0 bridgehead atoms. The summed E-state index contributed by atoms with van der Waals surface area (Å²) in [6.07, 6.45) is 3.84. The zero-order valence-corrected chi connectivity index (χ0v) is 15.7. The molecule has 2 aromatic rings. The number of carbonyl (C=O) groups excluding carboxylic acids is 1. The molecule has 128 valence electrons. The summed E-state index contributed by atoms with van der Waals surface area (Å²) in [6.45, 7) is 8.85. The van der Waals surface area contributed by atoms with Gasteiger partial charge in [-0.2, -0.15) is 0 Å². The topological polar surface area (TPSA) is 23.6 Å². The zero-order valence-electron chi connectivity index (χ0n) is 14.1. The number of hydrogen-bond acceptors (Lipinski definition) is 4. The third-order valence-corrected chi connectivity index (χ3v) is 6.37. The molecule has 0 radical (unpaired) electrons. The van der Waals surface area contributed by atoms with Crippen LogP contribution in [-0.4, -0.2) is 35.3 Å². The number of amides is 1. The van der Waals surface area contributed by atoms with Crippen molar-refractivity contribution in [1.29, 1.82) is 0 Å². The van der Waals surface area contributed by atoms with Crippen LogP contribution in [-0.2, 0) is 17.8 Å². The molecule has 5 heteroatoms. The van der Waals surface area contributed by atoms with Crippen LogP contribution in [0.15, 0.2) is 41.6 Å². The van der Waals surface area contributed by atoms with Crippen LogP contribution >= 0.6 is 22.7 Å². The van der Waals surface area contributed by atoms with Gasteiger partial charge in [0.1, 0.15) is 0 Å². The fourth-order valence-corrected chi connectivity index (χ4v) is 5.08. The van der Waals surface area contributed by atoms with Crippen LogP contribution in [0, 0.1) is 0 Å². The number of hydrogen-bond donors (Lipinski definition) is 0. The number of thiophene rings is 2. The van der Waals surface area contributed by atoms with Crippen LogP contribution < -0.4 is 0 Å². The second-order valence-electron chi connectivity index (χ2n) is 6.10. The molecule has 1 aliphatic rings. The van der Waals surface area contributed by atoms with Gasteiger partial charge < -0.3 is 4.90 Å². The smallest absolute Gasteiger partial charge is 0.237 e. The summed E-state index contributed by atoms with van der Waals surface area (Å²) in [7, 11) is 0. The highest BCUT2D eigenvalue weighted by Crippen LogP contribution is 2.35. The molecule has 1 atom stereocenters. The molecule has 3 heterocycles. The SMILES string of the molecule is C=CCN(CC(=O)N1CCc2sccc2C1CC)Cc1cccs1. The van der Waals surface area contributed by atoms with E-state index in [0.29, 0.717) is 6.54 Å². The monoisotopic (exact) mass is 360 g/mol. The molecule has 1 amide bonds. The largest absolute Gasteiger partial charge is 0.334 e. The van der Waals surface area contributed by atoms with Crippen LogP contribution in [0.2, 0.25) is 0 Å². The zero-order chi connectivity index (χ0) is 16.9. The molecule has 0 aromatic carbocycles. The Balaban J connectivity index is 1.69. The van der Waals surface area contributed by atoms with Crippen molar-refractivity contribution in [1.82, 2.24) is 9.80 Å². The lowest BCUT2D eigenvalue weighted by Crippen LogP contribution is -2.44. The van der Waals surface area contributed by atoms with Crippen molar-refractivity contribution in [2.24, 2.45) is 0 Å². The van der Waals surface area contributed by atoms with Gasteiger partial charge in [-0.1, -0.05) is 19.1 Å². The van der Waals surface area contributed by atoms with Gasteiger partial charge >= 0.3 is 0 Å². The van der Waals surface area contributed by atoms with Gasteiger partial charge in [0.25, 0.3) is 0 Å². The maximum Gasteiger partial charge on any atom is 0.237 e. The third-order valence-electron chi connectivity index (χ3n) is 4.51. The van der Waals surface area contributed by atoms with Crippen molar-refractivity contribution >= 4 is 28.6 Å². The molecule has 1 aliphatic heterocycles. The van der Waals surface area contributed by atoms with E-state index in [9.17, 15) is 4.79 Å². The maximum absolute atomic E-state index is 13.0. The van der Waals surface area contributed by atoms with Gasteiger partial charge in [0.15, 0.2) is 0 Å². The van der Waals surface area contributed by atoms with Crippen molar-refractivity contribution in [3.8, 4) is 0 Å². The molecular formula is C19H24N2OS2. The summed E-state index contributed by atoms with van der Waals surface area (Å²) >= 11 is 3.56. The highest BCUT2D eigenvalue weighted by molar-refractivity contribution is 7.10. The molecule has 3 nitrogen and oxygen atoms in total. The Hall–Kier alpha value is -1.43. The van der Waals surface area contributed by atoms with E-state index >= 15 is 0 Å². The lowest BCUT2D eigenvalue weighted by Gasteiger charge is -2.36. The third kappa shape index (κ3) is 3.79. The van der Waals surface area contributed by atoms with Crippen molar-refractivity contribution in [2.45, 2.75) is 32.4 Å². The fourth-order valence-electron chi connectivity index (χ4n) is 3.41. The number of carbonyl (C=O) groups is 1. The highest BCUT2D eigenvalue weighted by atomic mass is 32.1. The predicted octanol–water partition coefficient (Wildman–Crippen LogP) is 4.33. The van der Waals surface area contributed by atoms with Gasteiger partial charge in [-0.3, -0.25) is 9.69 Å². The molecule has 0 aliphatic carbocycles. The van der Waals surface area contributed by atoms with E-state index in [0.717, 1.165) is 32.5 Å². The standard InChI is InChI=1S/C19H24N2OS2/c1-3-9-20(13-15-6-5-11-23-15)14-19(22)21-10-7-18-16(8-12-24-18)17(21)4-2/h3,5-6,8,11-12,17H,1,4,7,9-10,13-14H2,2H3. The lowest BCUT2D eigenvalue weighted by atomic mass is 9.97. The van der Waals surface area contributed by atoms with Crippen LogP contribution in [0.4, 0.5) is 0 Å². The molecule has 0 N–H and O–H groups in total. The van der Waals surface area contributed by atoms with E-state index in [1.54, 1.807) is 11.3 Å². The quantitative estimate of drug-likeness (QED) is 0.686. The number of nitrogens with zero attached hydrogens (tertiary/aromatic N) is 2. The second-order valence-corrected chi connectivity index (χ2v) is 8.13. The Bertz CT molecular complexity index is 677. The summed E-state index contributed by atoms with van der Waals surface area (Å²) in [5.74, 6) is 0.233. The van der Waals surface area contributed by atoms with Gasteiger partial charge in [-0.05, 0) is 41.3 Å². The predicted molar refractivity (Wildman–Crippen MR) is 103 cm³/mol. The second kappa shape index (κ2) is 8.10. The fraction of sp³-hybridized carbons (Fsp3) is 0.421. The Kier molecular flexibility index (Phi) is 5.87.